The summed E-state index contributed by atoms with van der Waals surface area (Å²) in [5, 5.41) is 10.2. The Balaban J connectivity index is 2.39. The Labute approximate surface area is 158 Å². The molecular weight excluding hydrogens is 332 g/mol. The second-order valence-corrected chi connectivity index (χ2v) is 8.78. The summed E-state index contributed by atoms with van der Waals surface area (Å²) < 4.78 is 0. The van der Waals surface area contributed by atoms with Gasteiger partial charge < -0.3 is 5.11 Å². The SMILES string of the molecule is CCCCCCSCc1ccc(O)c(CSCCCCCC)c1C. The molecule has 1 aromatic carbocycles. The van der Waals surface area contributed by atoms with Crippen LogP contribution in [0.25, 0.3) is 0 Å². The molecule has 1 nitrogen and oxygen atoms in total. The number of phenolic OH excluding ortho intramolecular Hbond substituents is 1. The van der Waals surface area contributed by atoms with Crippen LogP contribution in [0.4, 0.5) is 0 Å². The van der Waals surface area contributed by atoms with E-state index in [0.717, 1.165) is 17.1 Å². The maximum absolute atomic E-state index is 10.2. The fourth-order valence-corrected chi connectivity index (χ4v) is 4.95. The van der Waals surface area contributed by atoms with Crippen LogP contribution in [0.2, 0.25) is 0 Å². The van der Waals surface area contributed by atoms with E-state index in [1.165, 1.54) is 74.0 Å². The van der Waals surface area contributed by atoms with Gasteiger partial charge in [-0.3, -0.25) is 0 Å². The Morgan fingerprint density at radius 3 is 1.96 bits per heavy atom. The molecule has 0 atom stereocenters. The fourth-order valence-electron chi connectivity index (χ4n) is 2.75. The lowest BCUT2D eigenvalue weighted by Gasteiger charge is -2.13. The van der Waals surface area contributed by atoms with Crippen LogP contribution in [-0.4, -0.2) is 16.6 Å². The van der Waals surface area contributed by atoms with E-state index in [1.54, 1.807) is 0 Å². The Hall–Kier alpha value is -0.280. The molecule has 0 amide bonds. The maximum Gasteiger partial charge on any atom is 0.119 e. The van der Waals surface area contributed by atoms with Crippen LogP contribution in [0.5, 0.6) is 5.75 Å². The van der Waals surface area contributed by atoms with Crippen molar-refractivity contribution in [1.29, 1.82) is 0 Å². The summed E-state index contributed by atoms with van der Waals surface area (Å²) in [4.78, 5) is 0. The van der Waals surface area contributed by atoms with Gasteiger partial charge in [0.2, 0.25) is 0 Å². The molecule has 1 N–H and O–H groups in total. The molecule has 0 bridgehead atoms. The first-order chi connectivity index (χ1) is 11.7. The zero-order valence-corrected chi connectivity index (χ0v) is 17.5. The van der Waals surface area contributed by atoms with Gasteiger partial charge >= 0.3 is 0 Å². The van der Waals surface area contributed by atoms with Crippen LogP contribution in [-0.2, 0) is 11.5 Å². The highest BCUT2D eigenvalue weighted by Gasteiger charge is 2.09. The minimum absolute atomic E-state index is 0.477. The van der Waals surface area contributed by atoms with Gasteiger partial charge in [0.15, 0.2) is 0 Å². The molecular formula is C21H36OS2. The van der Waals surface area contributed by atoms with Crippen molar-refractivity contribution < 1.29 is 5.11 Å². The summed E-state index contributed by atoms with van der Waals surface area (Å²) in [6.07, 6.45) is 10.6. The monoisotopic (exact) mass is 368 g/mol. The van der Waals surface area contributed by atoms with Gasteiger partial charge in [0.05, 0.1) is 0 Å². The molecule has 1 rings (SSSR count). The van der Waals surface area contributed by atoms with Gasteiger partial charge in [-0.25, -0.2) is 0 Å². The van der Waals surface area contributed by atoms with E-state index in [4.69, 9.17) is 0 Å². The predicted molar refractivity (Wildman–Crippen MR) is 113 cm³/mol. The van der Waals surface area contributed by atoms with Crippen LogP contribution in [0.1, 0.15) is 81.9 Å². The Kier molecular flexibility index (Phi) is 12.6. The first-order valence-electron chi connectivity index (χ1n) is 9.66. The number of rotatable bonds is 14. The van der Waals surface area contributed by atoms with E-state index in [2.05, 4.69) is 26.8 Å². The molecule has 0 aliphatic heterocycles. The third kappa shape index (κ3) is 8.71. The van der Waals surface area contributed by atoms with E-state index >= 15 is 0 Å². The third-order valence-corrected chi connectivity index (χ3v) is 6.64. The molecule has 0 saturated carbocycles. The average molecular weight is 369 g/mol. The van der Waals surface area contributed by atoms with Crippen LogP contribution >= 0.6 is 23.5 Å². The van der Waals surface area contributed by atoms with E-state index in [1.807, 2.05) is 29.6 Å². The Morgan fingerprint density at radius 2 is 1.38 bits per heavy atom. The van der Waals surface area contributed by atoms with Crippen molar-refractivity contribution in [1.82, 2.24) is 0 Å². The summed E-state index contributed by atoms with van der Waals surface area (Å²) in [6.45, 7) is 6.69. The van der Waals surface area contributed by atoms with Gasteiger partial charge in [0.1, 0.15) is 5.75 Å². The van der Waals surface area contributed by atoms with Gasteiger partial charge in [-0.1, -0.05) is 58.4 Å². The number of benzene rings is 1. The number of hydrogen-bond acceptors (Lipinski definition) is 3. The van der Waals surface area contributed by atoms with Crippen molar-refractivity contribution in [2.75, 3.05) is 11.5 Å². The van der Waals surface area contributed by atoms with E-state index < -0.39 is 0 Å². The molecule has 3 heteroatoms. The lowest BCUT2D eigenvalue weighted by atomic mass is 10.0. The molecule has 0 spiro atoms. The van der Waals surface area contributed by atoms with E-state index in [0.29, 0.717) is 5.75 Å². The largest absolute Gasteiger partial charge is 0.508 e. The van der Waals surface area contributed by atoms with Crippen molar-refractivity contribution in [2.24, 2.45) is 0 Å². The standard InChI is InChI=1S/C21H36OS2/c1-4-6-8-10-14-23-16-19-12-13-21(22)20(18(19)3)17-24-15-11-9-7-5-2/h12-13,22H,4-11,14-17H2,1-3H3. The minimum Gasteiger partial charge on any atom is -0.508 e. The highest BCUT2D eigenvalue weighted by molar-refractivity contribution is 7.98. The summed E-state index contributed by atoms with van der Waals surface area (Å²) in [5.41, 5.74) is 3.85. The second kappa shape index (κ2) is 13.9. The molecule has 138 valence electrons. The van der Waals surface area contributed by atoms with Crippen molar-refractivity contribution in [2.45, 2.75) is 83.6 Å². The van der Waals surface area contributed by atoms with Crippen molar-refractivity contribution >= 4 is 23.5 Å². The Bertz CT molecular complexity index is 446. The summed E-state index contributed by atoms with van der Waals surface area (Å²) in [6, 6.07) is 4.01. The van der Waals surface area contributed by atoms with Gasteiger partial charge in [0, 0.05) is 17.1 Å². The van der Waals surface area contributed by atoms with Gasteiger partial charge in [0.25, 0.3) is 0 Å². The molecule has 0 aliphatic carbocycles. The highest BCUT2D eigenvalue weighted by Crippen LogP contribution is 2.30. The molecule has 0 aromatic heterocycles. The second-order valence-electron chi connectivity index (χ2n) is 6.57. The van der Waals surface area contributed by atoms with E-state index in [-0.39, 0.29) is 0 Å². The first kappa shape index (κ1) is 21.8. The van der Waals surface area contributed by atoms with Gasteiger partial charge in [-0.05, 0) is 48.5 Å². The average Bonchev–Trinajstić information content (AvgIpc) is 2.58. The smallest absolute Gasteiger partial charge is 0.119 e. The molecule has 1 aromatic rings. The van der Waals surface area contributed by atoms with Crippen molar-refractivity contribution in [3.05, 3.63) is 28.8 Å². The summed E-state index contributed by atoms with van der Waals surface area (Å²) >= 11 is 4.00. The van der Waals surface area contributed by atoms with Gasteiger partial charge in [-0.15, -0.1) is 0 Å². The molecule has 0 radical (unpaired) electrons. The van der Waals surface area contributed by atoms with Crippen LogP contribution in [0, 0.1) is 6.92 Å². The molecule has 0 heterocycles. The highest BCUT2D eigenvalue weighted by atomic mass is 32.2. The number of aromatic hydroxyl groups is 1. The maximum atomic E-state index is 10.2. The predicted octanol–water partition coefficient (Wildman–Crippen LogP) is 7.33. The normalized spacial score (nSPS) is 11.1. The molecule has 0 aliphatic rings. The number of hydrogen-bond donors (Lipinski definition) is 1. The number of unbranched alkanes of at least 4 members (excludes halogenated alkanes) is 6. The van der Waals surface area contributed by atoms with Crippen LogP contribution < -0.4 is 0 Å². The topological polar surface area (TPSA) is 20.2 Å². The van der Waals surface area contributed by atoms with Crippen LogP contribution in [0.3, 0.4) is 0 Å². The zero-order chi connectivity index (χ0) is 17.6. The molecule has 0 saturated heterocycles. The van der Waals surface area contributed by atoms with Gasteiger partial charge in [-0.2, -0.15) is 23.5 Å². The first-order valence-corrected chi connectivity index (χ1v) is 12.0. The lowest BCUT2D eigenvalue weighted by molar-refractivity contribution is 0.470. The number of thioether (sulfide) groups is 2. The molecule has 0 fully saturated rings. The fraction of sp³-hybridized carbons (Fsp3) is 0.714. The quantitative estimate of drug-likeness (QED) is 0.347. The van der Waals surface area contributed by atoms with Crippen LogP contribution in [0.15, 0.2) is 12.1 Å². The molecule has 0 unspecified atom stereocenters. The summed E-state index contributed by atoms with van der Waals surface area (Å²) in [7, 11) is 0. The Morgan fingerprint density at radius 1 is 0.792 bits per heavy atom. The van der Waals surface area contributed by atoms with E-state index in [9.17, 15) is 5.11 Å². The van der Waals surface area contributed by atoms with Crippen molar-refractivity contribution in [3.8, 4) is 5.75 Å². The minimum atomic E-state index is 0.477. The lowest BCUT2D eigenvalue weighted by Crippen LogP contribution is -1.95. The number of phenols is 1. The summed E-state index contributed by atoms with van der Waals surface area (Å²) in [5.74, 6) is 4.95. The van der Waals surface area contributed by atoms with Crippen molar-refractivity contribution in [3.63, 3.8) is 0 Å². The molecule has 24 heavy (non-hydrogen) atoms. The zero-order valence-electron chi connectivity index (χ0n) is 15.9. The third-order valence-electron chi connectivity index (χ3n) is 4.47.